The van der Waals surface area contributed by atoms with E-state index in [1.165, 1.54) is 0 Å². The molecule has 0 amide bonds. The Bertz CT molecular complexity index is 382. The Hall–Kier alpha value is -0.890. The van der Waals surface area contributed by atoms with Gasteiger partial charge in [-0.15, -0.1) is 0 Å². The largest absolute Gasteiger partial charge is 0.384 e. The van der Waals surface area contributed by atoms with E-state index in [1.807, 2.05) is 6.07 Å². The number of aliphatic hydroxyl groups is 1. The van der Waals surface area contributed by atoms with E-state index in [0.29, 0.717) is 11.1 Å². The fourth-order valence-electron chi connectivity index (χ4n) is 1.12. The van der Waals surface area contributed by atoms with Crippen LogP contribution < -0.4 is 5.73 Å². The molecular weight excluding hydrogens is 244 g/mol. The molecule has 0 heterocycles. The maximum Gasteiger partial charge on any atom is 0.100 e. The first kappa shape index (κ1) is 11.2. The minimum atomic E-state index is -1.11. The van der Waals surface area contributed by atoms with Crippen LogP contribution in [0.25, 0.3) is 0 Å². The van der Waals surface area contributed by atoms with Crippen molar-refractivity contribution in [1.29, 1.82) is 5.26 Å². The number of halogens is 1. The van der Waals surface area contributed by atoms with E-state index in [2.05, 4.69) is 15.9 Å². The number of rotatable bonds is 2. The van der Waals surface area contributed by atoms with Crippen molar-refractivity contribution in [3.05, 3.63) is 33.8 Å². The maximum absolute atomic E-state index is 9.93. The summed E-state index contributed by atoms with van der Waals surface area (Å²) >= 11 is 3.31. The van der Waals surface area contributed by atoms with E-state index in [-0.39, 0.29) is 6.54 Å². The molecule has 1 unspecified atom stereocenters. The van der Waals surface area contributed by atoms with Crippen LogP contribution in [-0.4, -0.2) is 11.7 Å². The molecule has 0 spiro atoms. The highest BCUT2D eigenvalue weighted by Crippen LogP contribution is 2.28. The van der Waals surface area contributed by atoms with Crippen molar-refractivity contribution >= 4 is 15.9 Å². The van der Waals surface area contributed by atoms with Gasteiger partial charge in [-0.25, -0.2) is 0 Å². The molecule has 0 bridgehead atoms. The second kappa shape index (κ2) is 4.09. The van der Waals surface area contributed by atoms with Crippen molar-refractivity contribution < 1.29 is 5.11 Å². The Morgan fingerprint density at radius 2 is 2.29 bits per heavy atom. The zero-order valence-corrected chi connectivity index (χ0v) is 9.37. The molecule has 3 nitrogen and oxygen atoms in total. The molecule has 4 heteroatoms. The predicted molar refractivity (Wildman–Crippen MR) is 57.5 cm³/mol. The number of benzene rings is 1. The Kier molecular flexibility index (Phi) is 3.27. The SMILES string of the molecule is CC(O)(CN)c1cc(C#N)ccc1Br. The average Bonchev–Trinajstić information content (AvgIpc) is 2.18. The van der Waals surface area contributed by atoms with Crippen LogP contribution in [0.5, 0.6) is 0 Å². The summed E-state index contributed by atoms with van der Waals surface area (Å²) in [7, 11) is 0. The highest BCUT2D eigenvalue weighted by Gasteiger charge is 2.23. The molecule has 0 aliphatic heterocycles. The van der Waals surface area contributed by atoms with Crippen LogP contribution in [0, 0.1) is 11.3 Å². The molecule has 0 fully saturated rings. The molecular formula is C10H11BrN2O. The van der Waals surface area contributed by atoms with Gasteiger partial charge in [0.15, 0.2) is 0 Å². The van der Waals surface area contributed by atoms with Gasteiger partial charge in [0, 0.05) is 11.0 Å². The lowest BCUT2D eigenvalue weighted by atomic mass is 9.95. The first-order valence-electron chi connectivity index (χ1n) is 4.14. The highest BCUT2D eigenvalue weighted by molar-refractivity contribution is 9.10. The first-order chi connectivity index (χ1) is 6.51. The van der Waals surface area contributed by atoms with Gasteiger partial charge in [-0.05, 0) is 30.7 Å². The summed E-state index contributed by atoms with van der Waals surface area (Å²) in [4.78, 5) is 0. The topological polar surface area (TPSA) is 70.0 Å². The van der Waals surface area contributed by atoms with Crippen molar-refractivity contribution in [2.75, 3.05) is 6.54 Å². The van der Waals surface area contributed by atoms with E-state index in [9.17, 15) is 5.11 Å². The molecule has 0 aromatic heterocycles. The normalized spacial score (nSPS) is 14.5. The van der Waals surface area contributed by atoms with Crippen molar-refractivity contribution in [3.63, 3.8) is 0 Å². The zero-order valence-electron chi connectivity index (χ0n) is 7.79. The van der Waals surface area contributed by atoms with Gasteiger partial charge in [0.05, 0.1) is 11.6 Å². The van der Waals surface area contributed by atoms with Gasteiger partial charge < -0.3 is 10.8 Å². The maximum atomic E-state index is 9.93. The molecule has 0 aliphatic rings. The van der Waals surface area contributed by atoms with Gasteiger partial charge in [-0.1, -0.05) is 15.9 Å². The molecule has 0 aliphatic carbocycles. The first-order valence-corrected chi connectivity index (χ1v) is 4.93. The molecule has 74 valence electrons. The Morgan fingerprint density at radius 1 is 1.64 bits per heavy atom. The lowest BCUT2D eigenvalue weighted by Crippen LogP contribution is -2.31. The third-order valence-corrected chi connectivity index (χ3v) is 2.76. The van der Waals surface area contributed by atoms with E-state index in [1.54, 1.807) is 25.1 Å². The molecule has 1 aromatic rings. The summed E-state index contributed by atoms with van der Waals surface area (Å²) in [5.41, 5.74) is 5.49. The summed E-state index contributed by atoms with van der Waals surface area (Å²) in [5, 5.41) is 18.6. The third kappa shape index (κ3) is 2.13. The Labute approximate surface area is 91.3 Å². The monoisotopic (exact) mass is 254 g/mol. The van der Waals surface area contributed by atoms with Gasteiger partial charge in [0.2, 0.25) is 0 Å². The predicted octanol–water partition coefficient (Wildman–Crippen LogP) is 1.49. The van der Waals surface area contributed by atoms with E-state index < -0.39 is 5.60 Å². The average molecular weight is 255 g/mol. The summed E-state index contributed by atoms with van der Waals surface area (Å²) in [6.07, 6.45) is 0. The summed E-state index contributed by atoms with van der Waals surface area (Å²) in [6, 6.07) is 7.07. The van der Waals surface area contributed by atoms with Crippen molar-refractivity contribution in [1.82, 2.24) is 0 Å². The number of nitrogens with zero attached hydrogens (tertiary/aromatic N) is 1. The van der Waals surface area contributed by atoms with Crippen molar-refractivity contribution in [2.45, 2.75) is 12.5 Å². The van der Waals surface area contributed by atoms with Crippen molar-refractivity contribution in [3.8, 4) is 6.07 Å². The minimum Gasteiger partial charge on any atom is -0.384 e. The van der Waals surface area contributed by atoms with Crippen LogP contribution in [0.4, 0.5) is 0 Å². The lowest BCUT2D eigenvalue weighted by Gasteiger charge is -2.23. The molecule has 1 rings (SSSR count). The van der Waals surface area contributed by atoms with E-state index >= 15 is 0 Å². The number of nitriles is 1. The van der Waals surface area contributed by atoms with E-state index in [0.717, 1.165) is 4.47 Å². The van der Waals surface area contributed by atoms with Gasteiger partial charge in [-0.2, -0.15) is 5.26 Å². The molecule has 1 atom stereocenters. The number of nitrogens with two attached hydrogens (primary N) is 1. The standard InChI is InChI=1S/C10H11BrN2O/c1-10(14,6-13)8-4-7(5-12)2-3-9(8)11/h2-4,14H,6,13H2,1H3. The second-order valence-electron chi connectivity index (χ2n) is 3.28. The Balaban J connectivity index is 3.27. The van der Waals surface area contributed by atoms with Crippen molar-refractivity contribution in [2.24, 2.45) is 5.73 Å². The summed E-state index contributed by atoms with van der Waals surface area (Å²) in [6.45, 7) is 1.73. The third-order valence-electron chi connectivity index (χ3n) is 2.07. The van der Waals surface area contributed by atoms with E-state index in [4.69, 9.17) is 11.0 Å². The van der Waals surface area contributed by atoms with Crippen LogP contribution in [-0.2, 0) is 5.60 Å². The fourth-order valence-corrected chi connectivity index (χ4v) is 1.79. The molecule has 0 saturated carbocycles. The molecule has 0 saturated heterocycles. The number of hydrogen-bond acceptors (Lipinski definition) is 3. The molecule has 3 N–H and O–H groups in total. The molecule has 1 aromatic carbocycles. The van der Waals surface area contributed by atoms with Gasteiger partial charge in [0.1, 0.15) is 5.60 Å². The molecule has 0 radical (unpaired) electrons. The summed E-state index contributed by atoms with van der Waals surface area (Å²) in [5.74, 6) is 0. The lowest BCUT2D eigenvalue weighted by molar-refractivity contribution is 0.0660. The quantitative estimate of drug-likeness (QED) is 0.841. The van der Waals surface area contributed by atoms with Gasteiger partial charge >= 0.3 is 0 Å². The smallest absolute Gasteiger partial charge is 0.100 e. The Morgan fingerprint density at radius 3 is 2.79 bits per heavy atom. The minimum absolute atomic E-state index is 0.112. The zero-order chi connectivity index (χ0) is 10.8. The number of hydrogen-bond donors (Lipinski definition) is 2. The van der Waals surface area contributed by atoms with Crippen LogP contribution in [0.3, 0.4) is 0 Å². The van der Waals surface area contributed by atoms with Gasteiger partial charge in [0.25, 0.3) is 0 Å². The second-order valence-corrected chi connectivity index (χ2v) is 4.14. The van der Waals surface area contributed by atoms with Crippen LogP contribution in [0.1, 0.15) is 18.1 Å². The summed E-state index contributed by atoms with van der Waals surface area (Å²) < 4.78 is 0.756. The van der Waals surface area contributed by atoms with Gasteiger partial charge in [-0.3, -0.25) is 0 Å². The molecule has 14 heavy (non-hydrogen) atoms. The van der Waals surface area contributed by atoms with Crippen LogP contribution >= 0.6 is 15.9 Å². The van der Waals surface area contributed by atoms with Crippen LogP contribution in [0.15, 0.2) is 22.7 Å². The van der Waals surface area contributed by atoms with Crippen LogP contribution in [0.2, 0.25) is 0 Å². The fraction of sp³-hybridized carbons (Fsp3) is 0.300. The highest BCUT2D eigenvalue weighted by atomic mass is 79.9.